The highest BCUT2D eigenvalue weighted by molar-refractivity contribution is 5.80. The van der Waals surface area contributed by atoms with Crippen LogP contribution in [0.1, 0.15) is 17.9 Å². The Kier molecular flexibility index (Phi) is 2.16. The topological polar surface area (TPSA) is 49.8 Å². The van der Waals surface area contributed by atoms with Crippen molar-refractivity contribution in [1.29, 1.82) is 0 Å². The van der Waals surface area contributed by atoms with E-state index in [0.29, 0.717) is 6.54 Å². The lowest BCUT2D eigenvalue weighted by Crippen LogP contribution is -2.43. The van der Waals surface area contributed by atoms with Gasteiger partial charge in [-0.1, -0.05) is 18.2 Å². The highest BCUT2D eigenvalue weighted by atomic mass is 16.5. The molecule has 1 aromatic carbocycles. The quantitative estimate of drug-likeness (QED) is 0.794. The van der Waals surface area contributed by atoms with Gasteiger partial charge in [-0.15, -0.1) is 0 Å². The molecular weight excluding hydrogens is 218 g/mol. The second kappa shape index (κ2) is 3.47. The molecule has 2 unspecified atom stereocenters. The Hall–Kier alpha value is -1.55. The normalized spacial score (nSPS) is 31.5. The molecule has 1 fully saturated rings. The van der Waals surface area contributed by atoms with Gasteiger partial charge in [-0.25, -0.2) is 0 Å². The molecule has 0 aromatic heterocycles. The van der Waals surface area contributed by atoms with Crippen LogP contribution in [0, 0.1) is 0 Å². The van der Waals surface area contributed by atoms with Gasteiger partial charge in [0.05, 0.1) is 0 Å². The second-order valence-electron chi connectivity index (χ2n) is 4.96. The van der Waals surface area contributed by atoms with Crippen LogP contribution in [0.25, 0.3) is 0 Å². The average molecular weight is 233 g/mol. The number of carbonyl (C=O) groups is 1. The number of aliphatic carboxylic acids is 1. The number of para-hydroxylation sites is 1. The largest absolute Gasteiger partial charge is 0.484 e. The summed E-state index contributed by atoms with van der Waals surface area (Å²) in [5.74, 6) is -0.593. The van der Waals surface area contributed by atoms with Crippen LogP contribution in [0.5, 0.6) is 5.75 Å². The van der Waals surface area contributed by atoms with Crippen molar-refractivity contribution in [3.63, 3.8) is 0 Å². The molecule has 17 heavy (non-hydrogen) atoms. The van der Waals surface area contributed by atoms with Crippen LogP contribution in [-0.2, 0) is 4.79 Å². The molecule has 2 aliphatic heterocycles. The molecule has 3 rings (SSSR count). The van der Waals surface area contributed by atoms with Crippen LogP contribution >= 0.6 is 0 Å². The van der Waals surface area contributed by atoms with E-state index in [4.69, 9.17) is 4.74 Å². The average Bonchev–Trinajstić information content (AvgIpc) is 2.79. The first-order chi connectivity index (χ1) is 8.12. The van der Waals surface area contributed by atoms with Gasteiger partial charge in [0.2, 0.25) is 0 Å². The summed E-state index contributed by atoms with van der Waals surface area (Å²) in [4.78, 5) is 13.7. The SMILES string of the molecule is CN1CCC2(C1)Oc1ccccc1C2C(=O)O. The van der Waals surface area contributed by atoms with Crippen molar-refractivity contribution in [2.75, 3.05) is 20.1 Å². The fourth-order valence-corrected chi connectivity index (χ4v) is 3.05. The van der Waals surface area contributed by atoms with Crippen molar-refractivity contribution >= 4 is 5.97 Å². The van der Waals surface area contributed by atoms with E-state index in [1.54, 1.807) is 0 Å². The highest BCUT2D eigenvalue weighted by Gasteiger charge is 2.55. The van der Waals surface area contributed by atoms with Crippen LogP contribution in [0.3, 0.4) is 0 Å². The van der Waals surface area contributed by atoms with E-state index in [1.807, 2.05) is 31.3 Å². The van der Waals surface area contributed by atoms with E-state index >= 15 is 0 Å². The Morgan fingerprint density at radius 1 is 1.53 bits per heavy atom. The summed E-state index contributed by atoms with van der Waals surface area (Å²) in [5.41, 5.74) is 0.250. The summed E-state index contributed by atoms with van der Waals surface area (Å²) in [6.45, 7) is 1.57. The van der Waals surface area contributed by atoms with E-state index in [1.165, 1.54) is 0 Å². The molecule has 0 saturated carbocycles. The van der Waals surface area contributed by atoms with Crippen LogP contribution in [0.4, 0.5) is 0 Å². The zero-order valence-electron chi connectivity index (χ0n) is 9.72. The van der Waals surface area contributed by atoms with Crippen molar-refractivity contribution < 1.29 is 14.6 Å². The number of ether oxygens (including phenoxy) is 1. The number of rotatable bonds is 1. The van der Waals surface area contributed by atoms with Gasteiger partial charge >= 0.3 is 5.97 Å². The fraction of sp³-hybridized carbons (Fsp3) is 0.462. The monoisotopic (exact) mass is 233 g/mol. The number of hydrogen-bond acceptors (Lipinski definition) is 3. The number of fused-ring (bicyclic) bond motifs is 1. The van der Waals surface area contributed by atoms with Crippen molar-refractivity contribution in [2.45, 2.75) is 17.9 Å². The summed E-state index contributed by atoms with van der Waals surface area (Å²) in [6, 6.07) is 7.48. The zero-order chi connectivity index (χ0) is 12.0. The summed E-state index contributed by atoms with van der Waals surface area (Å²) in [5, 5.41) is 9.47. The second-order valence-corrected chi connectivity index (χ2v) is 4.96. The molecule has 1 N–H and O–H groups in total. The molecule has 2 atom stereocenters. The minimum Gasteiger partial charge on any atom is -0.484 e. The summed E-state index contributed by atoms with van der Waals surface area (Å²) >= 11 is 0. The minimum absolute atomic E-state index is 0.538. The van der Waals surface area contributed by atoms with E-state index < -0.39 is 17.5 Å². The number of likely N-dealkylation sites (tertiary alicyclic amines) is 1. The van der Waals surface area contributed by atoms with Gasteiger partial charge in [0.25, 0.3) is 0 Å². The van der Waals surface area contributed by atoms with Crippen molar-refractivity contribution in [2.24, 2.45) is 0 Å². The lowest BCUT2D eigenvalue weighted by Gasteiger charge is -2.27. The Morgan fingerprint density at radius 3 is 2.94 bits per heavy atom. The van der Waals surface area contributed by atoms with E-state index in [-0.39, 0.29) is 0 Å². The first-order valence-electron chi connectivity index (χ1n) is 5.82. The summed E-state index contributed by atoms with van der Waals surface area (Å²) in [7, 11) is 2.00. The lowest BCUT2D eigenvalue weighted by atomic mass is 9.83. The maximum atomic E-state index is 11.5. The maximum absolute atomic E-state index is 11.5. The Morgan fingerprint density at radius 2 is 2.29 bits per heavy atom. The molecule has 90 valence electrons. The first kappa shape index (κ1) is 10.6. The third-order valence-electron chi connectivity index (χ3n) is 3.77. The first-order valence-corrected chi connectivity index (χ1v) is 5.82. The minimum atomic E-state index is -0.787. The molecule has 1 saturated heterocycles. The molecular formula is C13H15NO3. The van der Waals surface area contributed by atoms with Gasteiger partial charge < -0.3 is 14.7 Å². The van der Waals surface area contributed by atoms with Crippen LogP contribution in [0.2, 0.25) is 0 Å². The van der Waals surface area contributed by atoms with E-state index in [9.17, 15) is 9.90 Å². The predicted octanol–water partition coefficient (Wildman–Crippen LogP) is 1.32. The number of carboxylic acid groups (broad SMARTS) is 1. The number of benzene rings is 1. The van der Waals surface area contributed by atoms with Crippen LogP contribution < -0.4 is 4.74 Å². The van der Waals surface area contributed by atoms with Gasteiger partial charge in [0, 0.05) is 25.1 Å². The van der Waals surface area contributed by atoms with Crippen LogP contribution in [-0.4, -0.2) is 41.7 Å². The Labute approximate surface area is 99.8 Å². The molecule has 1 aromatic rings. The third-order valence-corrected chi connectivity index (χ3v) is 3.77. The van der Waals surface area contributed by atoms with Gasteiger partial charge in [-0.05, 0) is 13.1 Å². The van der Waals surface area contributed by atoms with Crippen molar-refractivity contribution in [1.82, 2.24) is 4.90 Å². The number of nitrogens with zero attached hydrogens (tertiary/aromatic N) is 1. The molecule has 0 amide bonds. The zero-order valence-corrected chi connectivity index (χ0v) is 9.72. The maximum Gasteiger partial charge on any atom is 0.315 e. The van der Waals surface area contributed by atoms with Gasteiger partial charge in [-0.3, -0.25) is 4.79 Å². The van der Waals surface area contributed by atoms with Gasteiger partial charge in [0.1, 0.15) is 17.3 Å². The summed E-state index contributed by atoms with van der Waals surface area (Å²) < 4.78 is 5.98. The molecule has 2 heterocycles. The molecule has 0 radical (unpaired) electrons. The van der Waals surface area contributed by atoms with E-state index in [2.05, 4.69) is 4.90 Å². The van der Waals surface area contributed by atoms with Gasteiger partial charge in [-0.2, -0.15) is 0 Å². The molecule has 4 nitrogen and oxygen atoms in total. The Bertz CT molecular complexity index is 473. The molecule has 0 aliphatic carbocycles. The third kappa shape index (κ3) is 1.44. The smallest absolute Gasteiger partial charge is 0.315 e. The van der Waals surface area contributed by atoms with E-state index in [0.717, 1.165) is 24.3 Å². The lowest BCUT2D eigenvalue weighted by molar-refractivity contribution is -0.142. The molecule has 1 spiro atoms. The fourth-order valence-electron chi connectivity index (χ4n) is 3.05. The van der Waals surface area contributed by atoms with Crippen molar-refractivity contribution in [3.8, 4) is 5.75 Å². The Balaban J connectivity index is 2.07. The number of likely N-dealkylation sites (N-methyl/N-ethyl adjacent to an activating group) is 1. The highest BCUT2D eigenvalue weighted by Crippen LogP contribution is 2.48. The predicted molar refractivity (Wildman–Crippen MR) is 62.3 cm³/mol. The molecule has 2 aliphatic rings. The van der Waals surface area contributed by atoms with Crippen LogP contribution in [0.15, 0.2) is 24.3 Å². The van der Waals surface area contributed by atoms with Crippen molar-refractivity contribution in [3.05, 3.63) is 29.8 Å². The molecule has 0 bridgehead atoms. The standard InChI is InChI=1S/C13H15NO3/c1-14-7-6-13(8-14)11(12(15)16)9-4-2-3-5-10(9)17-13/h2-5,11H,6-8H2,1H3,(H,15,16). The van der Waals surface area contributed by atoms with Gasteiger partial charge in [0.15, 0.2) is 0 Å². The number of carboxylic acids is 1. The number of hydrogen-bond donors (Lipinski definition) is 1. The summed E-state index contributed by atoms with van der Waals surface area (Å²) in [6.07, 6.45) is 0.773. The molecule has 4 heteroatoms.